The molecular weight excluding hydrogens is 252 g/mol. The molecule has 19 heavy (non-hydrogen) atoms. The van der Waals surface area contributed by atoms with Gasteiger partial charge in [-0.05, 0) is 63.0 Å². The lowest BCUT2D eigenvalue weighted by molar-refractivity contribution is 0.0515. The molecule has 1 heterocycles. The lowest BCUT2D eigenvalue weighted by Crippen LogP contribution is -2.65. The first-order valence-corrected chi connectivity index (χ1v) is 9.44. The molecule has 1 aliphatic carbocycles. The van der Waals surface area contributed by atoms with Crippen molar-refractivity contribution in [2.45, 2.75) is 58.0 Å². The van der Waals surface area contributed by atoms with Crippen LogP contribution in [0.5, 0.6) is 0 Å². The summed E-state index contributed by atoms with van der Waals surface area (Å²) in [5, 5.41) is 3.87. The highest BCUT2D eigenvalue weighted by atomic mass is 32.2. The van der Waals surface area contributed by atoms with Crippen molar-refractivity contribution in [1.29, 1.82) is 0 Å². The second-order valence-electron chi connectivity index (χ2n) is 7.05. The van der Waals surface area contributed by atoms with Gasteiger partial charge in [0, 0.05) is 24.7 Å². The van der Waals surface area contributed by atoms with Gasteiger partial charge in [0.25, 0.3) is 0 Å². The molecular formula is C16H32N2S. The van der Waals surface area contributed by atoms with Crippen LogP contribution in [0.4, 0.5) is 0 Å². The molecule has 0 bridgehead atoms. The molecule has 0 aromatic rings. The van der Waals surface area contributed by atoms with Crippen molar-refractivity contribution in [2.75, 3.05) is 31.6 Å². The summed E-state index contributed by atoms with van der Waals surface area (Å²) in [7, 11) is 0. The van der Waals surface area contributed by atoms with E-state index in [1.165, 1.54) is 51.1 Å². The molecule has 1 aliphatic heterocycles. The number of hydrogen-bond donors (Lipinski definition) is 1. The number of nitrogens with zero attached hydrogens (tertiary/aromatic N) is 1. The summed E-state index contributed by atoms with van der Waals surface area (Å²) in [6.07, 6.45) is 7.83. The van der Waals surface area contributed by atoms with Gasteiger partial charge in [0.2, 0.25) is 0 Å². The number of nitrogens with one attached hydrogen (secondary N) is 1. The fourth-order valence-electron chi connectivity index (χ4n) is 3.52. The fourth-order valence-corrected chi connectivity index (χ4v) is 4.01. The zero-order chi connectivity index (χ0) is 13.9. The van der Waals surface area contributed by atoms with E-state index in [-0.39, 0.29) is 0 Å². The smallest absolute Gasteiger partial charge is 0.0309 e. The summed E-state index contributed by atoms with van der Waals surface area (Å²) in [5.41, 5.74) is 0.394. The Morgan fingerprint density at radius 1 is 1.32 bits per heavy atom. The first-order chi connectivity index (χ1) is 9.07. The zero-order valence-electron chi connectivity index (χ0n) is 13.2. The Morgan fingerprint density at radius 2 is 2.05 bits per heavy atom. The van der Waals surface area contributed by atoms with Crippen LogP contribution in [0, 0.1) is 11.8 Å². The van der Waals surface area contributed by atoms with Crippen LogP contribution in [-0.2, 0) is 0 Å². The van der Waals surface area contributed by atoms with Gasteiger partial charge in [-0.2, -0.15) is 11.8 Å². The maximum Gasteiger partial charge on any atom is 0.0309 e. The Bertz CT molecular complexity index is 278. The van der Waals surface area contributed by atoms with Crippen LogP contribution in [0.2, 0.25) is 0 Å². The Hall–Kier alpha value is 0.270. The molecule has 0 spiro atoms. The van der Waals surface area contributed by atoms with Gasteiger partial charge >= 0.3 is 0 Å². The largest absolute Gasteiger partial charge is 0.308 e. The minimum atomic E-state index is 0.394. The molecule has 2 nitrogen and oxygen atoms in total. The molecule has 1 saturated carbocycles. The van der Waals surface area contributed by atoms with Crippen molar-refractivity contribution in [3.63, 3.8) is 0 Å². The fraction of sp³-hybridized carbons (Fsp3) is 1.00. The van der Waals surface area contributed by atoms with Crippen molar-refractivity contribution < 1.29 is 0 Å². The standard InChI is InChI=1S/C16H32N2S/c1-13(2)15-11-17-16(3,14-7-8-14)12-18(15)9-5-6-10-19-4/h13-15,17H,5-12H2,1-4H3. The van der Waals surface area contributed by atoms with E-state index in [0.717, 1.165) is 17.9 Å². The molecule has 1 N–H and O–H groups in total. The predicted octanol–water partition coefficient (Wildman–Crippen LogP) is 3.23. The minimum absolute atomic E-state index is 0.394. The van der Waals surface area contributed by atoms with E-state index in [0.29, 0.717) is 5.54 Å². The van der Waals surface area contributed by atoms with Crippen LogP contribution < -0.4 is 5.32 Å². The van der Waals surface area contributed by atoms with Gasteiger partial charge in [-0.25, -0.2) is 0 Å². The predicted molar refractivity (Wildman–Crippen MR) is 86.9 cm³/mol. The molecule has 1 saturated heterocycles. The van der Waals surface area contributed by atoms with Crippen LogP contribution >= 0.6 is 11.8 Å². The van der Waals surface area contributed by atoms with Gasteiger partial charge in [-0.15, -0.1) is 0 Å². The Labute approximate surface area is 124 Å². The highest BCUT2D eigenvalue weighted by Crippen LogP contribution is 2.41. The van der Waals surface area contributed by atoms with Gasteiger partial charge in [-0.1, -0.05) is 13.8 Å². The molecule has 0 aromatic heterocycles. The van der Waals surface area contributed by atoms with Gasteiger partial charge in [0.15, 0.2) is 0 Å². The molecule has 2 rings (SSSR count). The third-order valence-corrected chi connectivity index (χ3v) is 5.70. The molecule has 112 valence electrons. The van der Waals surface area contributed by atoms with Crippen LogP contribution in [0.1, 0.15) is 46.5 Å². The molecule has 0 amide bonds. The van der Waals surface area contributed by atoms with Gasteiger partial charge in [0.1, 0.15) is 0 Å². The van der Waals surface area contributed by atoms with E-state index < -0.39 is 0 Å². The molecule has 2 unspecified atom stereocenters. The summed E-state index contributed by atoms with van der Waals surface area (Å²) >= 11 is 1.98. The first-order valence-electron chi connectivity index (χ1n) is 8.05. The monoisotopic (exact) mass is 284 g/mol. The summed E-state index contributed by atoms with van der Waals surface area (Å²) in [6, 6.07) is 0.737. The van der Waals surface area contributed by atoms with Crippen molar-refractivity contribution >= 4 is 11.8 Å². The van der Waals surface area contributed by atoms with E-state index in [4.69, 9.17) is 0 Å². The van der Waals surface area contributed by atoms with Crippen LogP contribution in [-0.4, -0.2) is 48.1 Å². The lowest BCUT2D eigenvalue weighted by atomic mass is 9.88. The normalized spacial score (nSPS) is 33.0. The van der Waals surface area contributed by atoms with Crippen molar-refractivity contribution in [1.82, 2.24) is 10.2 Å². The van der Waals surface area contributed by atoms with E-state index in [2.05, 4.69) is 37.2 Å². The first kappa shape index (κ1) is 15.7. The maximum absolute atomic E-state index is 3.87. The number of hydrogen-bond acceptors (Lipinski definition) is 3. The molecule has 2 fully saturated rings. The number of thioether (sulfide) groups is 1. The second kappa shape index (κ2) is 6.82. The summed E-state index contributed by atoms with van der Waals surface area (Å²) in [5.74, 6) is 3.02. The van der Waals surface area contributed by atoms with E-state index in [1.807, 2.05) is 11.8 Å². The zero-order valence-corrected chi connectivity index (χ0v) is 14.1. The average Bonchev–Trinajstić information content (AvgIpc) is 3.19. The number of piperazine rings is 1. The van der Waals surface area contributed by atoms with Crippen LogP contribution in [0.25, 0.3) is 0 Å². The quantitative estimate of drug-likeness (QED) is 0.723. The van der Waals surface area contributed by atoms with Crippen LogP contribution in [0.15, 0.2) is 0 Å². The molecule has 3 heteroatoms. The van der Waals surface area contributed by atoms with Crippen molar-refractivity contribution in [2.24, 2.45) is 11.8 Å². The number of rotatable bonds is 7. The highest BCUT2D eigenvalue weighted by molar-refractivity contribution is 7.98. The maximum atomic E-state index is 3.87. The molecule has 0 radical (unpaired) electrons. The SMILES string of the molecule is CSCCCCN1CC(C)(C2CC2)NCC1C(C)C. The van der Waals surface area contributed by atoms with Gasteiger partial charge in [-0.3, -0.25) is 4.90 Å². The Balaban J connectivity index is 1.88. The van der Waals surface area contributed by atoms with Gasteiger partial charge in [0.05, 0.1) is 0 Å². The lowest BCUT2D eigenvalue weighted by Gasteiger charge is -2.48. The summed E-state index contributed by atoms with van der Waals surface area (Å²) < 4.78 is 0. The molecule has 2 aliphatic rings. The van der Waals surface area contributed by atoms with E-state index >= 15 is 0 Å². The summed E-state index contributed by atoms with van der Waals surface area (Å²) in [4.78, 5) is 2.79. The number of unbranched alkanes of at least 4 members (excludes halogenated alkanes) is 1. The molecule has 0 aromatic carbocycles. The molecule has 2 atom stereocenters. The second-order valence-corrected chi connectivity index (χ2v) is 8.04. The third kappa shape index (κ3) is 4.12. The Morgan fingerprint density at radius 3 is 2.63 bits per heavy atom. The third-order valence-electron chi connectivity index (χ3n) is 5.01. The van der Waals surface area contributed by atoms with Crippen molar-refractivity contribution in [3.8, 4) is 0 Å². The van der Waals surface area contributed by atoms with E-state index in [9.17, 15) is 0 Å². The summed E-state index contributed by atoms with van der Waals surface area (Å²) in [6.45, 7) is 11.0. The average molecular weight is 285 g/mol. The van der Waals surface area contributed by atoms with E-state index in [1.54, 1.807) is 0 Å². The van der Waals surface area contributed by atoms with Crippen LogP contribution in [0.3, 0.4) is 0 Å². The highest BCUT2D eigenvalue weighted by Gasteiger charge is 2.46. The van der Waals surface area contributed by atoms with Crippen molar-refractivity contribution in [3.05, 3.63) is 0 Å². The topological polar surface area (TPSA) is 15.3 Å². The Kier molecular flexibility index (Phi) is 5.62. The van der Waals surface area contributed by atoms with Gasteiger partial charge < -0.3 is 5.32 Å². The minimum Gasteiger partial charge on any atom is -0.308 e.